The maximum atomic E-state index is 12.4. The number of nitrogens with zero attached hydrogens (tertiary/aromatic N) is 3. The van der Waals surface area contributed by atoms with Crippen LogP contribution < -0.4 is 0 Å². The molecule has 1 aromatic heterocycles. The molecule has 1 heterocycles. The van der Waals surface area contributed by atoms with E-state index in [0.717, 1.165) is 22.7 Å². The largest absolute Gasteiger partial charge is 0.319 e. The molecule has 0 spiro atoms. The molecule has 0 atom stereocenters. The SMILES string of the molecule is CCn1c(SCC(=O)c2ccc(C)c([N+](=O)[O-])c2)nc2ccccc21. The Labute approximate surface area is 149 Å². The molecule has 0 bridgehead atoms. The number of thioether (sulfide) groups is 1. The molecular weight excluding hydrogens is 338 g/mol. The normalized spacial score (nSPS) is 11.0. The Kier molecular flexibility index (Phi) is 4.85. The van der Waals surface area contributed by atoms with Gasteiger partial charge in [-0.1, -0.05) is 36.0 Å². The first-order valence-corrected chi connectivity index (χ1v) is 8.86. The zero-order valence-corrected chi connectivity index (χ0v) is 14.7. The number of nitro benzene ring substituents is 1. The molecule has 0 N–H and O–H groups in total. The third-order valence-corrected chi connectivity index (χ3v) is 4.97. The number of imidazole rings is 1. The fourth-order valence-electron chi connectivity index (χ4n) is 2.66. The van der Waals surface area contributed by atoms with Crippen molar-refractivity contribution in [2.75, 3.05) is 5.75 Å². The van der Waals surface area contributed by atoms with Gasteiger partial charge in [-0.15, -0.1) is 0 Å². The molecule has 0 aliphatic heterocycles. The molecule has 2 aromatic carbocycles. The number of hydrogen-bond acceptors (Lipinski definition) is 5. The second-order valence-electron chi connectivity index (χ2n) is 5.60. The number of fused-ring (bicyclic) bond motifs is 1. The van der Waals surface area contributed by atoms with E-state index in [0.29, 0.717) is 11.1 Å². The lowest BCUT2D eigenvalue weighted by Crippen LogP contribution is -2.05. The van der Waals surface area contributed by atoms with Crippen molar-refractivity contribution in [3.63, 3.8) is 0 Å². The van der Waals surface area contributed by atoms with E-state index in [1.165, 1.54) is 17.8 Å². The van der Waals surface area contributed by atoms with Crippen molar-refractivity contribution in [3.8, 4) is 0 Å². The molecule has 3 rings (SSSR count). The van der Waals surface area contributed by atoms with Gasteiger partial charge in [0.1, 0.15) is 0 Å². The van der Waals surface area contributed by atoms with Gasteiger partial charge in [0.2, 0.25) is 0 Å². The molecule has 128 valence electrons. The van der Waals surface area contributed by atoms with Crippen LogP contribution in [0.5, 0.6) is 0 Å². The van der Waals surface area contributed by atoms with E-state index >= 15 is 0 Å². The van der Waals surface area contributed by atoms with Crippen molar-refractivity contribution in [3.05, 3.63) is 63.7 Å². The van der Waals surface area contributed by atoms with E-state index < -0.39 is 4.92 Å². The average molecular weight is 355 g/mol. The summed E-state index contributed by atoms with van der Waals surface area (Å²) in [6.45, 7) is 4.45. The number of Topliss-reactive ketones (excluding diaryl/α,β-unsaturated/α-hetero) is 1. The van der Waals surface area contributed by atoms with Gasteiger partial charge in [0.25, 0.3) is 5.69 Å². The summed E-state index contributed by atoms with van der Waals surface area (Å²) in [7, 11) is 0. The van der Waals surface area contributed by atoms with Gasteiger partial charge >= 0.3 is 0 Å². The van der Waals surface area contributed by atoms with Crippen LogP contribution in [0.4, 0.5) is 5.69 Å². The lowest BCUT2D eigenvalue weighted by molar-refractivity contribution is -0.385. The van der Waals surface area contributed by atoms with Crippen molar-refractivity contribution in [1.82, 2.24) is 9.55 Å². The maximum Gasteiger partial charge on any atom is 0.273 e. The van der Waals surface area contributed by atoms with Gasteiger partial charge in [-0.05, 0) is 26.0 Å². The highest BCUT2D eigenvalue weighted by Crippen LogP contribution is 2.26. The minimum Gasteiger partial charge on any atom is -0.319 e. The van der Waals surface area contributed by atoms with E-state index in [1.807, 2.05) is 31.2 Å². The number of hydrogen-bond donors (Lipinski definition) is 0. The van der Waals surface area contributed by atoms with E-state index in [2.05, 4.69) is 9.55 Å². The highest BCUT2D eigenvalue weighted by Gasteiger charge is 2.17. The first kappa shape index (κ1) is 17.2. The standard InChI is InChI=1S/C18H17N3O3S/c1-3-20-15-7-5-4-6-14(15)19-18(20)25-11-17(22)13-9-8-12(2)16(10-13)21(23)24/h4-10H,3,11H2,1-2H3. The monoisotopic (exact) mass is 355 g/mol. The first-order valence-electron chi connectivity index (χ1n) is 7.87. The van der Waals surface area contributed by atoms with Crippen molar-refractivity contribution in [2.45, 2.75) is 25.5 Å². The number of carbonyl (C=O) groups excluding carboxylic acids is 1. The van der Waals surface area contributed by atoms with Gasteiger partial charge in [0.05, 0.1) is 21.7 Å². The zero-order valence-electron chi connectivity index (χ0n) is 13.9. The summed E-state index contributed by atoms with van der Waals surface area (Å²) in [5.74, 6) is 0.0339. The van der Waals surface area contributed by atoms with E-state index in [4.69, 9.17) is 0 Å². The van der Waals surface area contributed by atoms with Gasteiger partial charge in [0, 0.05) is 23.7 Å². The molecular formula is C18H17N3O3S. The summed E-state index contributed by atoms with van der Waals surface area (Å²) < 4.78 is 2.06. The summed E-state index contributed by atoms with van der Waals surface area (Å²) in [5, 5.41) is 11.8. The molecule has 0 aliphatic rings. The predicted molar refractivity (Wildman–Crippen MR) is 98.3 cm³/mol. The molecule has 0 saturated carbocycles. The van der Waals surface area contributed by atoms with Crippen molar-refractivity contribution >= 4 is 34.3 Å². The highest BCUT2D eigenvalue weighted by atomic mass is 32.2. The lowest BCUT2D eigenvalue weighted by Gasteiger charge is -2.06. The molecule has 0 saturated heterocycles. The minimum atomic E-state index is -0.463. The third-order valence-electron chi connectivity index (χ3n) is 4.00. The third kappa shape index (κ3) is 3.41. The average Bonchev–Trinajstić information content (AvgIpc) is 2.97. The van der Waals surface area contributed by atoms with E-state index in [1.54, 1.807) is 19.1 Å². The number of benzene rings is 2. The van der Waals surface area contributed by atoms with E-state index in [9.17, 15) is 14.9 Å². The van der Waals surface area contributed by atoms with E-state index in [-0.39, 0.29) is 17.2 Å². The van der Waals surface area contributed by atoms with Crippen molar-refractivity contribution < 1.29 is 9.72 Å². The smallest absolute Gasteiger partial charge is 0.273 e. The molecule has 0 fully saturated rings. The Morgan fingerprint density at radius 1 is 1.28 bits per heavy atom. The number of ketones is 1. The second kappa shape index (κ2) is 7.06. The fourth-order valence-corrected chi connectivity index (χ4v) is 3.64. The van der Waals surface area contributed by atoms with Crippen LogP contribution in [-0.4, -0.2) is 26.0 Å². The number of rotatable bonds is 6. The van der Waals surface area contributed by atoms with Crippen LogP contribution in [0.3, 0.4) is 0 Å². The summed E-state index contributed by atoms with van der Waals surface area (Å²) >= 11 is 1.35. The Morgan fingerprint density at radius 2 is 2.04 bits per heavy atom. The quantitative estimate of drug-likeness (QED) is 0.286. The molecule has 0 radical (unpaired) electrons. The molecule has 0 unspecified atom stereocenters. The van der Waals surface area contributed by atoms with Gasteiger partial charge in [0.15, 0.2) is 10.9 Å². The van der Waals surface area contributed by atoms with Gasteiger partial charge in [-0.2, -0.15) is 0 Å². The van der Waals surface area contributed by atoms with Gasteiger partial charge < -0.3 is 4.57 Å². The minimum absolute atomic E-state index is 0.0309. The van der Waals surface area contributed by atoms with Crippen LogP contribution in [0.25, 0.3) is 11.0 Å². The molecule has 3 aromatic rings. The van der Waals surface area contributed by atoms with Crippen LogP contribution >= 0.6 is 11.8 Å². The van der Waals surface area contributed by atoms with Crippen LogP contribution in [0.2, 0.25) is 0 Å². The fraction of sp³-hybridized carbons (Fsp3) is 0.222. The van der Waals surface area contributed by atoms with Crippen molar-refractivity contribution in [2.24, 2.45) is 0 Å². The second-order valence-corrected chi connectivity index (χ2v) is 6.54. The summed E-state index contributed by atoms with van der Waals surface area (Å²) in [6.07, 6.45) is 0. The first-order chi connectivity index (χ1) is 12.0. The maximum absolute atomic E-state index is 12.4. The number of aromatic nitrogens is 2. The van der Waals surface area contributed by atoms with Gasteiger partial charge in [-0.3, -0.25) is 14.9 Å². The van der Waals surface area contributed by atoms with Crippen LogP contribution in [-0.2, 0) is 6.54 Å². The van der Waals surface area contributed by atoms with Crippen LogP contribution in [0, 0.1) is 17.0 Å². The summed E-state index contributed by atoms with van der Waals surface area (Å²) in [4.78, 5) is 27.6. The molecule has 6 nitrogen and oxygen atoms in total. The number of aryl methyl sites for hydroxylation is 2. The molecule has 25 heavy (non-hydrogen) atoms. The molecule has 0 aliphatic carbocycles. The number of carbonyl (C=O) groups is 1. The number of para-hydroxylation sites is 2. The predicted octanol–water partition coefficient (Wildman–Crippen LogP) is 4.25. The summed E-state index contributed by atoms with van der Waals surface area (Å²) in [6, 6.07) is 12.4. The van der Waals surface area contributed by atoms with Crippen LogP contribution in [0.15, 0.2) is 47.6 Å². The summed E-state index contributed by atoms with van der Waals surface area (Å²) in [5.41, 5.74) is 2.79. The van der Waals surface area contributed by atoms with Crippen LogP contribution in [0.1, 0.15) is 22.8 Å². The Bertz CT molecular complexity index is 965. The Balaban J connectivity index is 1.81. The lowest BCUT2D eigenvalue weighted by atomic mass is 10.1. The molecule has 7 heteroatoms. The van der Waals surface area contributed by atoms with Crippen molar-refractivity contribution in [1.29, 1.82) is 0 Å². The zero-order chi connectivity index (χ0) is 18.0. The molecule has 0 amide bonds. The Hall–Kier alpha value is -2.67. The number of nitro groups is 1. The van der Waals surface area contributed by atoms with Gasteiger partial charge in [-0.25, -0.2) is 4.98 Å². The topological polar surface area (TPSA) is 78.0 Å². The highest BCUT2D eigenvalue weighted by molar-refractivity contribution is 7.99. The Morgan fingerprint density at radius 3 is 2.76 bits per heavy atom.